The summed E-state index contributed by atoms with van der Waals surface area (Å²) in [4.78, 5) is 11.9. The van der Waals surface area contributed by atoms with E-state index in [0.29, 0.717) is 17.9 Å². The molecule has 1 amide bonds. The van der Waals surface area contributed by atoms with E-state index < -0.39 is 0 Å². The van der Waals surface area contributed by atoms with Gasteiger partial charge in [0.05, 0.1) is 6.61 Å². The molecule has 0 bridgehead atoms. The van der Waals surface area contributed by atoms with Gasteiger partial charge in [-0.15, -0.1) is 0 Å². The minimum Gasteiger partial charge on any atom is -0.450 e. The highest BCUT2D eigenvalue weighted by Gasteiger charge is 2.25. The maximum atomic E-state index is 11.9. The third kappa shape index (κ3) is 13.4. The molecule has 170 valence electrons. The zero-order chi connectivity index (χ0) is 21.5. The average molecular weight is 412 g/mol. The van der Waals surface area contributed by atoms with Gasteiger partial charge in [0, 0.05) is 12.0 Å². The summed E-state index contributed by atoms with van der Waals surface area (Å²) in [5, 5.41) is 14.7. The minimum absolute atomic E-state index is 0.123. The Bertz CT molecular complexity index is 466. The van der Waals surface area contributed by atoms with E-state index in [-0.39, 0.29) is 18.1 Å². The summed E-state index contributed by atoms with van der Waals surface area (Å²) >= 11 is 0. The molecule has 1 aliphatic carbocycles. The molecule has 1 fully saturated rings. The van der Waals surface area contributed by atoms with E-state index in [1.807, 2.05) is 0 Å². The molecule has 0 radical (unpaired) electrons. The second kappa shape index (κ2) is 14.5. The van der Waals surface area contributed by atoms with Crippen molar-refractivity contribution in [1.29, 1.82) is 0 Å². The Morgan fingerprint density at radius 1 is 0.966 bits per heavy atom. The van der Waals surface area contributed by atoms with Gasteiger partial charge in [0.15, 0.2) is 0 Å². The van der Waals surface area contributed by atoms with Crippen LogP contribution in [0, 0.1) is 11.3 Å². The van der Waals surface area contributed by atoms with Crippen molar-refractivity contribution in [3.63, 3.8) is 0 Å². The summed E-state index contributed by atoms with van der Waals surface area (Å²) in [5.74, 6) is 0.420. The van der Waals surface area contributed by atoms with Crippen LogP contribution in [0.2, 0.25) is 0 Å². The van der Waals surface area contributed by atoms with Crippen molar-refractivity contribution >= 4 is 11.9 Å². The number of hydrogen-bond acceptors (Lipinski definition) is 4. The largest absolute Gasteiger partial charge is 0.450 e. The maximum Gasteiger partial charge on any atom is 0.407 e. The summed E-state index contributed by atoms with van der Waals surface area (Å²) < 4.78 is 5.30. The summed E-state index contributed by atoms with van der Waals surface area (Å²) in [6.07, 6.45) is 15.7. The Kier molecular flexibility index (Phi) is 12.8. The first-order valence-corrected chi connectivity index (χ1v) is 11.7. The fourth-order valence-corrected chi connectivity index (χ4v) is 3.98. The maximum absolute atomic E-state index is 11.9. The summed E-state index contributed by atoms with van der Waals surface area (Å²) in [5.41, 5.74) is 6.12. The van der Waals surface area contributed by atoms with Crippen molar-refractivity contribution in [3.05, 3.63) is 0 Å². The lowest BCUT2D eigenvalue weighted by molar-refractivity contribution is 0.136. The van der Waals surface area contributed by atoms with Crippen molar-refractivity contribution in [2.24, 2.45) is 22.2 Å². The number of carbonyl (C=O) groups is 1. The van der Waals surface area contributed by atoms with Crippen molar-refractivity contribution in [3.8, 4) is 0 Å². The molecule has 0 saturated heterocycles. The molecule has 6 nitrogen and oxygen atoms in total. The molecule has 29 heavy (non-hydrogen) atoms. The second-order valence-electron chi connectivity index (χ2n) is 9.85. The average Bonchev–Trinajstić information content (AvgIpc) is 2.68. The van der Waals surface area contributed by atoms with Gasteiger partial charge in [-0.25, -0.2) is 4.79 Å². The molecular weight excluding hydrogens is 366 g/mol. The second-order valence-corrected chi connectivity index (χ2v) is 9.85. The van der Waals surface area contributed by atoms with Crippen LogP contribution in [0.1, 0.15) is 111 Å². The Morgan fingerprint density at radius 2 is 1.48 bits per heavy atom. The van der Waals surface area contributed by atoms with E-state index >= 15 is 0 Å². The number of amidine groups is 1. The third-order valence-electron chi connectivity index (χ3n) is 5.89. The Hall–Kier alpha value is -1.46. The molecule has 6 heteroatoms. The fraction of sp³-hybridized carbons (Fsp3) is 0.913. The first-order valence-electron chi connectivity index (χ1n) is 11.7. The van der Waals surface area contributed by atoms with Crippen molar-refractivity contribution in [2.75, 3.05) is 6.61 Å². The summed E-state index contributed by atoms with van der Waals surface area (Å²) in [6.45, 7) is 7.45. The van der Waals surface area contributed by atoms with Crippen LogP contribution in [0.5, 0.6) is 0 Å². The number of unbranched alkanes of at least 4 members (excludes halogenated alkanes) is 8. The lowest BCUT2D eigenvalue weighted by atomic mass is 9.85. The van der Waals surface area contributed by atoms with Gasteiger partial charge in [0.2, 0.25) is 0 Å². The third-order valence-corrected chi connectivity index (χ3v) is 5.89. The SMILES string of the molecule is CC(C)(C)CCCCCCCCCCCOC(=O)NC1CCC(/C(N)=N/O)CC1. The van der Waals surface area contributed by atoms with Crippen LogP contribution in [0.4, 0.5) is 4.79 Å². The standard InChI is InChI=1S/C23H45N3O3/c1-23(2,3)17-11-9-7-5-4-6-8-10-12-18-29-22(27)25-20-15-13-19(14-16-20)21(24)26-28/h19-20,28H,4-18H2,1-3H3,(H2,24,26)(H,25,27). The Labute approximate surface area is 178 Å². The zero-order valence-electron chi connectivity index (χ0n) is 19.0. The molecule has 1 saturated carbocycles. The van der Waals surface area contributed by atoms with Gasteiger partial charge in [0.1, 0.15) is 5.84 Å². The number of oxime groups is 1. The molecule has 0 atom stereocenters. The lowest BCUT2D eigenvalue weighted by Crippen LogP contribution is -2.40. The monoisotopic (exact) mass is 411 g/mol. The van der Waals surface area contributed by atoms with Crippen LogP contribution >= 0.6 is 0 Å². The number of carbonyl (C=O) groups excluding carboxylic acids is 1. The number of amides is 1. The van der Waals surface area contributed by atoms with Gasteiger partial charge in [-0.05, 0) is 43.9 Å². The number of nitrogens with two attached hydrogens (primary N) is 1. The van der Waals surface area contributed by atoms with Crippen LogP contribution in [0.25, 0.3) is 0 Å². The van der Waals surface area contributed by atoms with Gasteiger partial charge < -0.3 is 21.0 Å². The van der Waals surface area contributed by atoms with Gasteiger partial charge in [-0.2, -0.15) is 0 Å². The molecule has 0 aromatic rings. The molecule has 0 aromatic heterocycles. The zero-order valence-corrected chi connectivity index (χ0v) is 19.0. The first-order chi connectivity index (χ1) is 13.8. The highest BCUT2D eigenvalue weighted by molar-refractivity contribution is 5.82. The van der Waals surface area contributed by atoms with Crippen molar-refractivity contribution < 1.29 is 14.7 Å². The van der Waals surface area contributed by atoms with Crippen LogP contribution in [0.3, 0.4) is 0 Å². The molecule has 1 aliphatic rings. The molecule has 0 spiro atoms. The predicted octanol–water partition coefficient (Wildman–Crippen LogP) is 5.96. The van der Waals surface area contributed by atoms with E-state index in [1.54, 1.807) is 0 Å². The minimum atomic E-state index is -0.312. The van der Waals surface area contributed by atoms with Gasteiger partial charge in [-0.1, -0.05) is 77.3 Å². The van der Waals surface area contributed by atoms with E-state index in [9.17, 15) is 4.79 Å². The molecule has 4 N–H and O–H groups in total. The molecular formula is C23H45N3O3. The topological polar surface area (TPSA) is 96.9 Å². The number of nitrogens with one attached hydrogen (secondary N) is 1. The lowest BCUT2D eigenvalue weighted by Gasteiger charge is -2.27. The quantitative estimate of drug-likeness (QED) is 0.114. The van der Waals surface area contributed by atoms with Crippen molar-refractivity contribution in [1.82, 2.24) is 5.32 Å². The Morgan fingerprint density at radius 3 is 2.00 bits per heavy atom. The number of hydrogen-bond donors (Lipinski definition) is 3. The summed E-state index contributed by atoms with van der Waals surface area (Å²) in [7, 11) is 0. The first kappa shape index (κ1) is 25.6. The Balaban J connectivity index is 1.88. The number of nitrogens with zero attached hydrogens (tertiary/aromatic N) is 1. The van der Waals surface area contributed by atoms with E-state index in [2.05, 4.69) is 31.2 Å². The van der Waals surface area contributed by atoms with Crippen molar-refractivity contribution in [2.45, 2.75) is 117 Å². The molecule has 0 unspecified atom stereocenters. The predicted molar refractivity (Wildman–Crippen MR) is 119 cm³/mol. The van der Waals surface area contributed by atoms with E-state index in [0.717, 1.165) is 38.5 Å². The molecule has 1 rings (SSSR count). The van der Waals surface area contributed by atoms with Crippen LogP contribution in [-0.2, 0) is 4.74 Å². The van der Waals surface area contributed by atoms with Crippen LogP contribution in [-0.4, -0.2) is 29.8 Å². The van der Waals surface area contributed by atoms with E-state index in [1.165, 1.54) is 51.4 Å². The molecule has 0 heterocycles. The van der Waals surface area contributed by atoms with Crippen LogP contribution < -0.4 is 11.1 Å². The van der Waals surface area contributed by atoms with Gasteiger partial charge in [-0.3, -0.25) is 0 Å². The van der Waals surface area contributed by atoms with Crippen LogP contribution in [0.15, 0.2) is 5.16 Å². The number of ether oxygens (including phenoxy) is 1. The van der Waals surface area contributed by atoms with Gasteiger partial charge >= 0.3 is 6.09 Å². The van der Waals surface area contributed by atoms with Gasteiger partial charge in [0.25, 0.3) is 0 Å². The highest BCUT2D eigenvalue weighted by Crippen LogP contribution is 2.24. The van der Waals surface area contributed by atoms with E-state index in [4.69, 9.17) is 15.7 Å². The molecule has 0 aromatic carbocycles. The fourth-order valence-electron chi connectivity index (χ4n) is 3.98. The smallest absolute Gasteiger partial charge is 0.407 e. The number of rotatable bonds is 13. The summed E-state index contributed by atoms with van der Waals surface area (Å²) in [6, 6.07) is 0.133. The molecule has 0 aliphatic heterocycles. The highest BCUT2D eigenvalue weighted by atomic mass is 16.5. The number of alkyl carbamates (subject to hydrolysis) is 1. The normalized spacial score (nSPS) is 20.4.